The van der Waals surface area contributed by atoms with E-state index in [1.807, 2.05) is 0 Å². The van der Waals surface area contributed by atoms with Crippen LogP contribution in [0.25, 0.3) is 5.69 Å². The van der Waals surface area contributed by atoms with Gasteiger partial charge in [0.15, 0.2) is 11.6 Å². The van der Waals surface area contributed by atoms with Crippen molar-refractivity contribution in [1.29, 1.82) is 0 Å². The van der Waals surface area contributed by atoms with Crippen LogP contribution in [0, 0.1) is 11.6 Å². The molecule has 9 heteroatoms. The average molecular weight is 443 g/mol. The zero-order valence-corrected chi connectivity index (χ0v) is 18.0. The van der Waals surface area contributed by atoms with Gasteiger partial charge in [-0.05, 0) is 42.3 Å². The number of ether oxygens (including phenoxy) is 1. The highest BCUT2D eigenvalue weighted by Crippen LogP contribution is 2.29. The van der Waals surface area contributed by atoms with Crippen molar-refractivity contribution in [1.82, 2.24) is 19.7 Å². The summed E-state index contributed by atoms with van der Waals surface area (Å²) >= 11 is 0. The Bertz CT molecular complexity index is 1100. The van der Waals surface area contributed by atoms with Crippen molar-refractivity contribution < 1.29 is 14.9 Å². The molecule has 0 bridgehead atoms. The topological polar surface area (TPSA) is 58.5 Å². The molecular weight excluding hydrogens is 414 g/mol. The fourth-order valence-electron chi connectivity index (χ4n) is 4.17. The van der Waals surface area contributed by atoms with Crippen LogP contribution >= 0.6 is 0 Å². The van der Waals surface area contributed by atoms with E-state index in [1.165, 1.54) is 28.3 Å². The van der Waals surface area contributed by atoms with E-state index in [2.05, 4.69) is 50.3 Å². The molecule has 2 aliphatic heterocycles. The molecule has 0 amide bonds. The number of benzene rings is 2. The maximum absolute atomic E-state index is 13.5. The lowest BCUT2D eigenvalue weighted by molar-refractivity contribution is 0.0105. The van der Waals surface area contributed by atoms with Gasteiger partial charge < -0.3 is 15.0 Å². The Morgan fingerprint density at radius 1 is 1.06 bits per heavy atom. The molecule has 3 aromatic rings. The second-order valence-electron chi connectivity index (χ2n) is 8.18. The van der Waals surface area contributed by atoms with Gasteiger partial charge in [0.05, 0.1) is 18.9 Å². The number of hydrogen-bond donors (Lipinski definition) is 1. The quantitative estimate of drug-likeness (QED) is 0.629. The molecule has 0 saturated carbocycles. The number of nitrogens with zero attached hydrogens (tertiary/aromatic N) is 5. The van der Waals surface area contributed by atoms with E-state index in [-0.39, 0.29) is 1.43 Å². The Hall–Kier alpha value is -3.04. The Morgan fingerprint density at radius 2 is 1.88 bits per heavy atom. The average Bonchev–Trinajstić information content (AvgIpc) is 3.23. The standard InChI is InChI=1S/C23H26F2N6O.H2/c1-2-16-9-17(11-19(10-16)30-13-20(14-30)29-5-7-32-8-6-29)27-23-26-15-31(28-23)18-3-4-21(24)22(25)12-18;/h3-4,9-12,15,20H,2,5-8,13-14H2,1H3,(H,27,28);1H. The maximum atomic E-state index is 13.5. The van der Waals surface area contributed by atoms with E-state index in [9.17, 15) is 8.78 Å². The van der Waals surface area contributed by atoms with Crippen molar-refractivity contribution in [2.24, 2.45) is 0 Å². The van der Waals surface area contributed by atoms with Crippen LogP contribution in [0.5, 0.6) is 0 Å². The second kappa shape index (κ2) is 8.84. The van der Waals surface area contributed by atoms with E-state index in [0.29, 0.717) is 17.7 Å². The van der Waals surface area contributed by atoms with Gasteiger partial charge in [0.1, 0.15) is 6.33 Å². The summed E-state index contributed by atoms with van der Waals surface area (Å²) < 4.78 is 33.6. The SMILES string of the molecule is CCc1cc(Nc2ncn(-c3ccc(F)c(F)c3)n2)cc(N2CC(N3CCOCC3)C2)c1.[HH]. The number of anilines is 3. The van der Waals surface area contributed by atoms with Gasteiger partial charge in [-0.1, -0.05) is 6.92 Å². The third-order valence-electron chi connectivity index (χ3n) is 6.09. The highest BCUT2D eigenvalue weighted by Gasteiger charge is 2.32. The fraction of sp³-hybridized carbons (Fsp3) is 0.391. The van der Waals surface area contributed by atoms with Gasteiger partial charge in [0.2, 0.25) is 5.95 Å². The highest BCUT2D eigenvalue weighted by molar-refractivity contribution is 5.65. The van der Waals surface area contributed by atoms with Crippen molar-refractivity contribution in [3.8, 4) is 5.69 Å². The molecular formula is C23H28F2N6O. The molecule has 170 valence electrons. The van der Waals surface area contributed by atoms with Crippen molar-refractivity contribution in [2.75, 3.05) is 49.6 Å². The molecule has 0 aliphatic carbocycles. The van der Waals surface area contributed by atoms with E-state index in [0.717, 1.165) is 63.6 Å². The maximum Gasteiger partial charge on any atom is 0.246 e. The van der Waals surface area contributed by atoms with Crippen LogP contribution in [0.1, 0.15) is 13.9 Å². The van der Waals surface area contributed by atoms with Gasteiger partial charge >= 0.3 is 0 Å². The summed E-state index contributed by atoms with van der Waals surface area (Å²) in [6.45, 7) is 7.80. The summed E-state index contributed by atoms with van der Waals surface area (Å²) in [6.07, 6.45) is 2.39. The lowest BCUT2D eigenvalue weighted by Crippen LogP contribution is -2.61. The van der Waals surface area contributed by atoms with E-state index >= 15 is 0 Å². The Kier molecular flexibility index (Phi) is 5.75. The smallest absolute Gasteiger partial charge is 0.246 e. The molecule has 2 aliphatic rings. The van der Waals surface area contributed by atoms with Crippen LogP contribution in [0.15, 0.2) is 42.7 Å². The van der Waals surface area contributed by atoms with E-state index < -0.39 is 11.6 Å². The molecule has 1 N–H and O–H groups in total. The lowest BCUT2D eigenvalue weighted by atomic mass is 10.0. The van der Waals surface area contributed by atoms with Crippen LogP contribution in [-0.2, 0) is 11.2 Å². The molecule has 5 rings (SSSR count). The number of aryl methyl sites for hydroxylation is 1. The number of hydrogen-bond acceptors (Lipinski definition) is 6. The van der Waals surface area contributed by atoms with Gasteiger partial charge in [0.25, 0.3) is 0 Å². The number of morpholine rings is 1. The normalized spacial score (nSPS) is 17.4. The van der Waals surface area contributed by atoms with Gasteiger partial charge in [-0.2, -0.15) is 4.98 Å². The van der Waals surface area contributed by atoms with Crippen LogP contribution in [-0.4, -0.2) is 65.1 Å². The molecule has 3 heterocycles. The van der Waals surface area contributed by atoms with Crippen molar-refractivity contribution in [2.45, 2.75) is 19.4 Å². The van der Waals surface area contributed by atoms with Gasteiger partial charge in [0, 0.05) is 51.1 Å². The molecule has 1 aromatic heterocycles. The monoisotopic (exact) mass is 442 g/mol. The first kappa shape index (κ1) is 20.8. The Morgan fingerprint density at radius 3 is 2.62 bits per heavy atom. The number of aromatic nitrogens is 3. The summed E-state index contributed by atoms with van der Waals surface area (Å²) in [5, 5.41) is 7.61. The van der Waals surface area contributed by atoms with Gasteiger partial charge in [-0.15, -0.1) is 5.10 Å². The molecule has 2 saturated heterocycles. The van der Waals surface area contributed by atoms with Crippen LogP contribution in [0.3, 0.4) is 0 Å². The van der Waals surface area contributed by atoms with Crippen molar-refractivity contribution >= 4 is 17.3 Å². The van der Waals surface area contributed by atoms with E-state index in [1.54, 1.807) is 0 Å². The van der Waals surface area contributed by atoms with Crippen LogP contribution < -0.4 is 10.2 Å². The molecule has 7 nitrogen and oxygen atoms in total. The zero-order chi connectivity index (χ0) is 22.1. The minimum absolute atomic E-state index is 0. The first-order chi connectivity index (χ1) is 15.6. The summed E-state index contributed by atoms with van der Waals surface area (Å²) in [5.74, 6) is -1.42. The van der Waals surface area contributed by atoms with E-state index in [4.69, 9.17) is 4.74 Å². The summed E-state index contributed by atoms with van der Waals surface area (Å²) in [6, 6.07) is 10.6. The van der Waals surface area contributed by atoms with Crippen molar-refractivity contribution in [3.05, 3.63) is 59.9 Å². The van der Waals surface area contributed by atoms with Crippen molar-refractivity contribution in [3.63, 3.8) is 0 Å². The molecule has 0 atom stereocenters. The minimum Gasteiger partial charge on any atom is -0.379 e. The first-order valence-corrected chi connectivity index (χ1v) is 10.9. The Labute approximate surface area is 187 Å². The van der Waals surface area contributed by atoms with Gasteiger partial charge in [-0.3, -0.25) is 4.90 Å². The third-order valence-corrected chi connectivity index (χ3v) is 6.09. The minimum atomic E-state index is -0.919. The number of rotatable bonds is 6. The highest BCUT2D eigenvalue weighted by atomic mass is 19.2. The number of halogens is 2. The van der Waals surface area contributed by atoms with Gasteiger partial charge in [-0.25, -0.2) is 13.5 Å². The van der Waals surface area contributed by atoms with Crippen LogP contribution in [0.2, 0.25) is 0 Å². The predicted octanol–water partition coefficient (Wildman–Crippen LogP) is 3.62. The molecule has 32 heavy (non-hydrogen) atoms. The summed E-state index contributed by atoms with van der Waals surface area (Å²) in [4.78, 5) is 9.17. The predicted molar refractivity (Wildman–Crippen MR) is 121 cm³/mol. The largest absolute Gasteiger partial charge is 0.379 e. The molecule has 0 unspecified atom stereocenters. The van der Waals surface area contributed by atoms with Crippen LogP contribution in [0.4, 0.5) is 26.1 Å². The second-order valence-corrected chi connectivity index (χ2v) is 8.18. The fourth-order valence-corrected chi connectivity index (χ4v) is 4.17. The molecule has 0 radical (unpaired) electrons. The summed E-state index contributed by atoms with van der Waals surface area (Å²) in [5.41, 5.74) is 3.70. The molecule has 2 aromatic carbocycles. The Balaban J connectivity index is 0.00000259. The zero-order valence-electron chi connectivity index (χ0n) is 18.0. The number of nitrogens with one attached hydrogen (secondary N) is 1. The molecule has 2 fully saturated rings. The third kappa shape index (κ3) is 4.31. The molecule has 0 spiro atoms. The summed E-state index contributed by atoms with van der Waals surface area (Å²) in [7, 11) is 0. The first-order valence-electron chi connectivity index (χ1n) is 10.9. The lowest BCUT2D eigenvalue weighted by Gasteiger charge is -2.47.